The van der Waals surface area contributed by atoms with Gasteiger partial charge in [-0.1, -0.05) is 36.8 Å². The van der Waals surface area contributed by atoms with Crippen molar-refractivity contribution in [2.75, 3.05) is 11.5 Å². The van der Waals surface area contributed by atoms with Gasteiger partial charge in [0, 0.05) is 0 Å². The van der Waals surface area contributed by atoms with Crippen LogP contribution in [-0.4, -0.2) is 22.6 Å². The molecule has 3 heteroatoms. The van der Waals surface area contributed by atoms with Crippen molar-refractivity contribution in [2.24, 2.45) is 0 Å². The molecule has 1 unspecified atom stereocenters. The van der Waals surface area contributed by atoms with E-state index in [0.29, 0.717) is 0 Å². The van der Waals surface area contributed by atoms with E-state index in [1.807, 2.05) is 43.0 Å². The smallest absolute Gasteiger partial charge is 0.310 e. The van der Waals surface area contributed by atoms with E-state index in [2.05, 4.69) is 6.92 Å². The van der Waals surface area contributed by atoms with Crippen molar-refractivity contribution in [2.45, 2.75) is 32.6 Å². The van der Waals surface area contributed by atoms with E-state index in [-0.39, 0.29) is 5.92 Å². The number of rotatable bonds is 7. The van der Waals surface area contributed by atoms with Gasteiger partial charge in [-0.2, -0.15) is 11.8 Å². The van der Waals surface area contributed by atoms with Gasteiger partial charge in [0.2, 0.25) is 0 Å². The first-order valence-electron chi connectivity index (χ1n) is 6.02. The summed E-state index contributed by atoms with van der Waals surface area (Å²) in [7, 11) is 0. The fourth-order valence-electron chi connectivity index (χ4n) is 1.85. The zero-order valence-corrected chi connectivity index (χ0v) is 11.3. The van der Waals surface area contributed by atoms with Crippen LogP contribution in [0.4, 0.5) is 0 Å². The highest BCUT2D eigenvalue weighted by Crippen LogP contribution is 2.23. The molecule has 94 valence electrons. The predicted molar refractivity (Wildman–Crippen MR) is 73.8 cm³/mol. The zero-order chi connectivity index (χ0) is 12.7. The quantitative estimate of drug-likeness (QED) is 0.752. The molecule has 0 aliphatic rings. The maximum Gasteiger partial charge on any atom is 0.310 e. The van der Waals surface area contributed by atoms with E-state index >= 15 is 0 Å². The molecule has 1 aromatic rings. The normalized spacial score (nSPS) is 12.4. The first-order valence-corrected chi connectivity index (χ1v) is 7.17. The van der Waals surface area contributed by atoms with Crippen molar-refractivity contribution in [3.8, 4) is 0 Å². The average Bonchev–Trinajstić information content (AvgIpc) is 2.28. The lowest BCUT2D eigenvalue weighted by molar-refractivity contribution is -0.139. The molecule has 1 atom stereocenters. The fourth-order valence-corrected chi connectivity index (χ4v) is 2.51. The number of hydrogen-bond donors (Lipinski definition) is 1. The van der Waals surface area contributed by atoms with Crippen LogP contribution in [0.1, 0.15) is 36.8 Å². The first-order chi connectivity index (χ1) is 8.15. The molecule has 2 nitrogen and oxygen atoms in total. The second-order valence-corrected chi connectivity index (χ2v) is 5.54. The maximum atomic E-state index is 11.3. The highest BCUT2D eigenvalue weighted by molar-refractivity contribution is 7.99. The molecular formula is C14H20O2S. The van der Waals surface area contributed by atoms with E-state index in [1.54, 1.807) is 0 Å². The molecule has 0 fully saturated rings. The van der Waals surface area contributed by atoms with E-state index in [4.69, 9.17) is 0 Å². The highest BCUT2D eigenvalue weighted by atomic mass is 32.2. The lowest BCUT2D eigenvalue weighted by atomic mass is 9.93. The summed E-state index contributed by atoms with van der Waals surface area (Å²) in [6.07, 6.45) is 1.69. The number of carboxylic acids is 1. The molecule has 1 rings (SSSR count). The maximum absolute atomic E-state index is 11.3. The molecule has 0 aliphatic heterocycles. The predicted octanol–water partition coefficient (Wildman–Crippen LogP) is 3.70. The molecule has 0 radical (unpaired) electrons. The van der Waals surface area contributed by atoms with Gasteiger partial charge in [-0.05, 0) is 36.8 Å². The average molecular weight is 252 g/mol. The number of aryl methyl sites for hydroxylation is 1. The van der Waals surface area contributed by atoms with Gasteiger partial charge in [0.1, 0.15) is 0 Å². The van der Waals surface area contributed by atoms with Crippen LogP contribution < -0.4 is 0 Å². The van der Waals surface area contributed by atoms with Gasteiger partial charge in [0.15, 0.2) is 0 Å². The second kappa shape index (κ2) is 7.38. The Morgan fingerprint density at radius 1 is 1.47 bits per heavy atom. The minimum absolute atomic E-state index is 0.354. The van der Waals surface area contributed by atoms with E-state index < -0.39 is 5.97 Å². The molecule has 0 spiro atoms. The summed E-state index contributed by atoms with van der Waals surface area (Å²) in [6.45, 7) is 4.12. The molecule has 1 N–H and O–H groups in total. The summed E-state index contributed by atoms with van der Waals surface area (Å²) >= 11 is 1.87. The summed E-state index contributed by atoms with van der Waals surface area (Å²) in [5, 5.41) is 9.27. The Morgan fingerprint density at radius 2 is 2.24 bits per heavy atom. The summed E-state index contributed by atoms with van der Waals surface area (Å²) in [5.74, 6) is 1.08. The van der Waals surface area contributed by atoms with Crippen LogP contribution in [0.15, 0.2) is 24.3 Å². The molecule has 0 amide bonds. The third kappa shape index (κ3) is 4.82. The van der Waals surface area contributed by atoms with E-state index in [9.17, 15) is 9.90 Å². The van der Waals surface area contributed by atoms with Gasteiger partial charge in [-0.3, -0.25) is 4.79 Å². The molecule has 1 aromatic carbocycles. The van der Waals surface area contributed by atoms with Gasteiger partial charge >= 0.3 is 5.97 Å². The zero-order valence-electron chi connectivity index (χ0n) is 10.5. The largest absolute Gasteiger partial charge is 0.481 e. The van der Waals surface area contributed by atoms with Gasteiger partial charge in [0.25, 0.3) is 0 Å². The molecule has 0 heterocycles. The van der Waals surface area contributed by atoms with Crippen LogP contribution in [0.3, 0.4) is 0 Å². The summed E-state index contributed by atoms with van der Waals surface area (Å²) in [5.41, 5.74) is 2.05. The Bertz CT molecular complexity index is 363. The van der Waals surface area contributed by atoms with Crippen molar-refractivity contribution >= 4 is 17.7 Å². The summed E-state index contributed by atoms with van der Waals surface area (Å²) < 4.78 is 0. The Hall–Kier alpha value is -0.960. The molecule has 0 bridgehead atoms. The van der Waals surface area contributed by atoms with Gasteiger partial charge in [-0.25, -0.2) is 0 Å². The van der Waals surface area contributed by atoms with Crippen LogP contribution in [0.2, 0.25) is 0 Å². The van der Waals surface area contributed by atoms with Crippen LogP contribution in [0.5, 0.6) is 0 Å². The number of benzene rings is 1. The standard InChI is InChI=1S/C14H20O2S/c1-3-17-9-5-8-13(14(15)16)12-7-4-6-11(2)10-12/h4,6-7,10,13H,3,5,8-9H2,1-2H3,(H,15,16). The van der Waals surface area contributed by atoms with Crippen LogP contribution >= 0.6 is 11.8 Å². The van der Waals surface area contributed by atoms with Crippen LogP contribution in [-0.2, 0) is 4.79 Å². The van der Waals surface area contributed by atoms with Crippen molar-refractivity contribution in [1.29, 1.82) is 0 Å². The van der Waals surface area contributed by atoms with Crippen molar-refractivity contribution < 1.29 is 9.90 Å². The number of thioether (sulfide) groups is 1. The van der Waals surface area contributed by atoms with Crippen molar-refractivity contribution in [1.82, 2.24) is 0 Å². The summed E-state index contributed by atoms with van der Waals surface area (Å²) in [4.78, 5) is 11.3. The minimum Gasteiger partial charge on any atom is -0.481 e. The number of carbonyl (C=O) groups is 1. The van der Waals surface area contributed by atoms with Crippen LogP contribution in [0.25, 0.3) is 0 Å². The Balaban J connectivity index is 2.63. The number of aliphatic carboxylic acids is 1. The highest BCUT2D eigenvalue weighted by Gasteiger charge is 2.19. The molecule has 17 heavy (non-hydrogen) atoms. The van der Waals surface area contributed by atoms with Crippen molar-refractivity contribution in [3.05, 3.63) is 35.4 Å². The molecule has 0 saturated carbocycles. The van der Waals surface area contributed by atoms with Gasteiger partial charge < -0.3 is 5.11 Å². The van der Waals surface area contributed by atoms with E-state index in [0.717, 1.165) is 35.5 Å². The Labute approximate surface area is 107 Å². The van der Waals surface area contributed by atoms with Gasteiger partial charge in [-0.15, -0.1) is 0 Å². The van der Waals surface area contributed by atoms with E-state index in [1.165, 1.54) is 0 Å². The van der Waals surface area contributed by atoms with Gasteiger partial charge in [0.05, 0.1) is 5.92 Å². The molecule has 0 saturated heterocycles. The lowest BCUT2D eigenvalue weighted by Gasteiger charge is -2.13. The number of carboxylic acid groups (broad SMARTS) is 1. The monoisotopic (exact) mass is 252 g/mol. The number of hydrogen-bond acceptors (Lipinski definition) is 2. The first kappa shape index (κ1) is 14.1. The van der Waals surface area contributed by atoms with Crippen molar-refractivity contribution in [3.63, 3.8) is 0 Å². The Kier molecular flexibility index (Phi) is 6.12. The molecule has 0 aromatic heterocycles. The topological polar surface area (TPSA) is 37.3 Å². The van der Waals surface area contributed by atoms with Crippen LogP contribution in [0, 0.1) is 6.92 Å². The lowest BCUT2D eigenvalue weighted by Crippen LogP contribution is -2.12. The third-order valence-electron chi connectivity index (χ3n) is 2.73. The molecular weight excluding hydrogens is 232 g/mol. The third-order valence-corrected chi connectivity index (χ3v) is 3.71. The summed E-state index contributed by atoms with van der Waals surface area (Å²) in [6, 6.07) is 7.82. The SMILES string of the molecule is CCSCCCC(C(=O)O)c1cccc(C)c1. The molecule has 0 aliphatic carbocycles. The second-order valence-electron chi connectivity index (χ2n) is 4.14. The minimum atomic E-state index is -0.711. The fraction of sp³-hybridized carbons (Fsp3) is 0.500. The Morgan fingerprint density at radius 3 is 2.82 bits per heavy atom.